The molecule has 3 aromatic carbocycles. The summed E-state index contributed by atoms with van der Waals surface area (Å²) < 4.78 is 5.43. The van der Waals surface area contributed by atoms with Gasteiger partial charge in [-0.25, -0.2) is 0 Å². The molecule has 0 saturated carbocycles. The second-order valence-corrected chi connectivity index (χ2v) is 9.21. The molecular weight excluding hydrogens is 422 g/mol. The normalized spacial score (nSPS) is 18.9. The van der Waals surface area contributed by atoms with Crippen molar-refractivity contribution in [2.75, 3.05) is 5.32 Å². The van der Waals surface area contributed by atoms with E-state index in [0.29, 0.717) is 0 Å². The van der Waals surface area contributed by atoms with Gasteiger partial charge in [0.15, 0.2) is 5.54 Å². The lowest BCUT2D eigenvalue weighted by Gasteiger charge is -2.41. The van der Waals surface area contributed by atoms with E-state index in [1.54, 1.807) is 0 Å². The number of nitrogens with one attached hydrogen (secondary N) is 2. The first kappa shape index (κ1) is 22.1. The molecule has 172 valence electrons. The Morgan fingerprint density at radius 1 is 1.00 bits per heavy atom. The van der Waals surface area contributed by atoms with Gasteiger partial charge in [0, 0.05) is 22.4 Å². The van der Waals surface area contributed by atoms with Crippen LogP contribution in [0.25, 0.3) is 11.1 Å². The Kier molecular flexibility index (Phi) is 5.37. The Hall–Kier alpha value is -3.70. The Bertz CT molecular complexity index is 1330. The molecule has 0 fully saturated rings. The highest BCUT2D eigenvalue weighted by Gasteiger charge is 2.51. The summed E-state index contributed by atoms with van der Waals surface area (Å²) in [5, 5.41) is 11.1. The maximum Gasteiger partial charge on any atom is 0.254 e. The second kappa shape index (κ2) is 8.26. The predicted molar refractivity (Wildman–Crippen MR) is 134 cm³/mol. The van der Waals surface area contributed by atoms with Crippen LogP contribution in [0.5, 0.6) is 0 Å². The molecule has 1 aliphatic rings. The lowest BCUT2D eigenvalue weighted by Crippen LogP contribution is -2.57. The highest BCUT2D eigenvalue weighted by molar-refractivity contribution is 6.09. The van der Waals surface area contributed by atoms with Crippen molar-refractivity contribution in [3.8, 4) is 11.1 Å². The van der Waals surface area contributed by atoms with Gasteiger partial charge in [0.05, 0.1) is 5.69 Å². The fourth-order valence-corrected chi connectivity index (χ4v) is 5.11. The molecule has 5 heteroatoms. The summed E-state index contributed by atoms with van der Waals surface area (Å²) in [6, 6.07) is 26.4. The van der Waals surface area contributed by atoms with Crippen molar-refractivity contribution >= 4 is 11.6 Å². The number of hydrogen-bond donors (Lipinski definition) is 2. The van der Waals surface area contributed by atoms with Crippen molar-refractivity contribution < 1.29 is 9.32 Å². The van der Waals surface area contributed by atoms with Crippen molar-refractivity contribution in [2.24, 2.45) is 0 Å². The molecule has 2 heterocycles. The Labute approximate surface area is 200 Å². The van der Waals surface area contributed by atoms with E-state index in [0.717, 1.165) is 51.4 Å². The van der Waals surface area contributed by atoms with Gasteiger partial charge >= 0.3 is 0 Å². The molecule has 1 aromatic heterocycles. The summed E-state index contributed by atoms with van der Waals surface area (Å²) in [7, 11) is 0. The topological polar surface area (TPSA) is 67.2 Å². The van der Waals surface area contributed by atoms with Crippen molar-refractivity contribution in [3.63, 3.8) is 0 Å². The van der Waals surface area contributed by atoms with Crippen LogP contribution in [0.15, 0.2) is 83.4 Å². The molecule has 0 saturated heterocycles. The third kappa shape index (κ3) is 3.35. The van der Waals surface area contributed by atoms with E-state index in [9.17, 15) is 4.79 Å². The zero-order valence-corrected chi connectivity index (χ0v) is 20.0. The van der Waals surface area contributed by atoms with E-state index >= 15 is 0 Å². The standard InChI is InChI=1S/C29H29N3O2/c1-5-28(4,22-12-8-6-9-13-22)32-29(23-14-10-7-11-15-23)24-18-21(16-17-25(24)30-27(29)33)26-19(2)31-34-20(26)3/h6-18,32H,5H2,1-4H3,(H,30,33). The SMILES string of the molecule is CCC(C)(NC1(c2ccccc2)C(=O)Nc2ccc(-c3c(C)noc3C)cc21)c1ccccc1. The number of carbonyl (C=O) groups is 1. The largest absolute Gasteiger partial charge is 0.361 e. The van der Waals surface area contributed by atoms with Crippen LogP contribution < -0.4 is 10.6 Å². The van der Waals surface area contributed by atoms with Gasteiger partial charge in [-0.3, -0.25) is 10.1 Å². The maximum atomic E-state index is 13.9. The molecule has 0 aliphatic carbocycles. The quantitative estimate of drug-likeness (QED) is 0.373. The first-order valence-electron chi connectivity index (χ1n) is 11.7. The predicted octanol–water partition coefficient (Wildman–Crippen LogP) is 6.07. The Balaban J connectivity index is 1.75. The fraction of sp³-hybridized carbons (Fsp3) is 0.241. The number of aryl methyl sites for hydroxylation is 2. The van der Waals surface area contributed by atoms with Crippen molar-refractivity contribution in [1.29, 1.82) is 0 Å². The number of rotatable bonds is 6. The van der Waals surface area contributed by atoms with E-state index in [4.69, 9.17) is 4.52 Å². The first-order valence-corrected chi connectivity index (χ1v) is 11.7. The van der Waals surface area contributed by atoms with Crippen LogP contribution in [0.4, 0.5) is 5.69 Å². The molecule has 34 heavy (non-hydrogen) atoms. The van der Waals surface area contributed by atoms with Crippen molar-refractivity contribution in [3.05, 3.63) is 107 Å². The van der Waals surface area contributed by atoms with Crippen molar-refractivity contribution in [2.45, 2.75) is 45.2 Å². The van der Waals surface area contributed by atoms with E-state index < -0.39 is 11.1 Å². The highest BCUT2D eigenvalue weighted by Crippen LogP contribution is 2.46. The maximum absolute atomic E-state index is 13.9. The van der Waals surface area contributed by atoms with Gasteiger partial charge in [-0.2, -0.15) is 0 Å². The monoisotopic (exact) mass is 451 g/mol. The van der Waals surface area contributed by atoms with Crippen LogP contribution in [-0.4, -0.2) is 11.1 Å². The van der Waals surface area contributed by atoms with E-state index in [2.05, 4.69) is 47.8 Å². The van der Waals surface area contributed by atoms with Crippen LogP contribution in [0.3, 0.4) is 0 Å². The number of fused-ring (bicyclic) bond motifs is 1. The summed E-state index contributed by atoms with van der Waals surface area (Å²) in [6.07, 6.45) is 0.803. The van der Waals surface area contributed by atoms with E-state index in [1.165, 1.54) is 0 Å². The zero-order valence-electron chi connectivity index (χ0n) is 20.0. The summed E-state index contributed by atoms with van der Waals surface area (Å²) in [6.45, 7) is 8.16. The van der Waals surface area contributed by atoms with Gasteiger partial charge < -0.3 is 9.84 Å². The fourth-order valence-electron chi connectivity index (χ4n) is 5.11. The van der Waals surface area contributed by atoms with E-state index in [-0.39, 0.29) is 5.91 Å². The van der Waals surface area contributed by atoms with Crippen LogP contribution in [0.2, 0.25) is 0 Å². The molecule has 1 amide bonds. The van der Waals surface area contributed by atoms with Crippen molar-refractivity contribution in [1.82, 2.24) is 10.5 Å². The minimum Gasteiger partial charge on any atom is -0.361 e. The van der Waals surface area contributed by atoms with Crippen LogP contribution in [0, 0.1) is 13.8 Å². The summed E-state index contributed by atoms with van der Waals surface area (Å²) in [5.74, 6) is 0.677. The summed E-state index contributed by atoms with van der Waals surface area (Å²) in [5.41, 5.74) is 5.00. The number of benzene rings is 3. The highest BCUT2D eigenvalue weighted by atomic mass is 16.5. The molecule has 5 rings (SSSR count). The Morgan fingerprint density at radius 3 is 2.29 bits per heavy atom. The minimum atomic E-state index is -1.06. The van der Waals surface area contributed by atoms with Gasteiger partial charge in [0.25, 0.3) is 5.91 Å². The average molecular weight is 452 g/mol. The van der Waals surface area contributed by atoms with Gasteiger partial charge in [0.1, 0.15) is 5.76 Å². The number of nitrogens with zero attached hydrogens (tertiary/aromatic N) is 1. The molecule has 4 aromatic rings. The summed E-state index contributed by atoms with van der Waals surface area (Å²) >= 11 is 0. The lowest BCUT2D eigenvalue weighted by molar-refractivity contribution is -0.121. The lowest BCUT2D eigenvalue weighted by atomic mass is 9.78. The molecule has 2 atom stereocenters. The minimum absolute atomic E-state index is 0.0831. The number of amides is 1. The second-order valence-electron chi connectivity index (χ2n) is 9.21. The molecule has 1 aliphatic heterocycles. The number of hydrogen-bond acceptors (Lipinski definition) is 4. The van der Waals surface area contributed by atoms with Gasteiger partial charge in [0.2, 0.25) is 0 Å². The molecule has 0 radical (unpaired) electrons. The number of anilines is 1. The van der Waals surface area contributed by atoms with Gasteiger partial charge in [-0.1, -0.05) is 78.8 Å². The molecule has 0 bridgehead atoms. The third-order valence-corrected chi connectivity index (χ3v) is 7.12. The Morgan fingerprint density at radius 2 is 1.68 bits per heavy atom. The first-order chi connectivity index (χ1) is 16.4. The molecule has 2 N–H and O–H groups in total. The van der Waals surface area contributed by atoms with Gasteiger partial charge in [-0.15, -0.1) is 0 Å². The molecular formula is C29H29N3O2. The van der Waals surface area contributed by atoms with E-state index in [1.807, 2.05) is 74.5 Å². The van der Waals surface area contributed by atoms with Crippen LogP contribution in [0.1, 0.15) is 48.4 Å². The zero-order chi connectivity index (χ0) is 23.9. The van der Waals surface area contributed by atoms with Crippen LogP contribution in [-0.2, 0) is 15.9 Å². The van der Waals surface area contributed by atoms with Crippen LogP contribution >= 0.6 is 0 Å². The van der Waals surface area contributed by atoms with Gasteiger partial charge in [-0.05, 0) is 56.0 Å². The molecule has 2 unspecified atom stereocenters. The number of aromatic nitrogens is 1. The average Bonchev–Trinajstić information content (AvgIpc) is 3.35. The smallest absolute Gasteiger partial charge is 0.254 e. The third-order valence-electron chi connectivity index (χ3n) is 7.12. The summed E-state index contributed by atoms with van der Waals surface area (Å²) in [4.78, 5) is 13.9. The molecule has 5 nitrogen and oxygen atoms in total. The number of carbonyl (C=O) groups excluding carboxylic acids is 1. The molecule has 0 spiro atoms.